The summed E-state index contributed by atoms with van der Waals surface area (Å²) < 4.78 is 27.0. The van der Waals surface area contributed by atoms with Crippen LogP contribution in [-0.2, 0) is 15.9 Å². The van der Waals surface area contributed by atoms with Crippen molar-refractivity contribution in [3.63, 3.8) is 0 Å². The lowest BCUT2D eigenvalue weighted by Crippen LogP contribution is -2.41. The average molecular weight is 421 g/mol. The number of aromatic nitrogens is 2. The molecule has 0 bridgehead atoms. The molecule has 1 aliphatic heterocycles. The Hall–Kier alpha value is -2.51. The van der Waals surface area contributed by atoms with Crippen molar-refractivity contribution in [3.05, 3.63) is 59.7 Å². The molecule has 7 heteroatoms. The van der Waals surface area contributed by atoms with Crippen LogP contribution in [0.1, 0.15) is 58.6 Å². The molecule has 0 radical (unpaired) electrons. The summed E-state index contributed by atoms with van der Waals surface area (Å²) in [7, 11) is -0.582. The highest BCUT2D eigenvalue weighted by atomic mass is 19.1. The second kappa shape index (κ2) is 7.88. The Morgan fingerprint density at radius 2 is 1.71 bits per heavy atom. The fourth-order valence-electron chi connectivity index (χ4n) is 3.59. The van der Waals surface area contributed by atoms with Crippen LogP contribution < -0.4 is 10.8 Å². The summed E-state index contributed by atoms with van der Waals surface area (Å²) in [5.41, 5.74) is 2.37. The summed E-state index contributed by atoms with van der Waals surface area (Å²) in [6.07, 6.45) is 1.53. The highest BCUT2D eigenvalue weighted by molar-refractivity contribution is 6.62. The number of rotatable bonds is 5. The Bertz CT molecular complexity index is 1100. The maximum absolute atomic E-state index is 14.9. The van der Waals surface area contributed by atoms with Crippen LogP contribution in [0.15, 0.2) is 42.7 Å². The van der Waals surface area contributed by atoms with Crippen LogP contribution in [0.4, 0.5) is 10.2 Å². The van der Waals surface area contributed by atoms with Crippen LogP contribution in [0.2, 0.25) is 0 Å². The van der Waals surface area contributed by atoms with Crippen LogP contribution in [0.25, 0.3) is 10.9 Å². The lowest BCUT2D eigenvalue weighted by atomic mass is 9.78. The van der Waals surface area contributed by atoms with Crippen LogP contribution >= 0.6 is 0 Å². The summed E-state index contributed by atoms with van der Waals surface area (Å²) in [6, 6.07) is 11.3. The van der Waals surface area contributed by atoms with Crippen molar-refractivity contribution in [2.24, 2.45) is 0 Å². The lowest BCUT2D eigenvalue weighted by Gasteiger charge is -2.32. The molecule has 0 aliphatic carbocycles. The molecule has 4 rings (SSSR count). The number of hydrogen-bond acceptors (Lipinski definition) is 5. The number of hydrogen-bond donors (Lipinski definition) is 1. The average Bonchev–Trinajstić information content (AvgIpc) is 2.93. The van der Waals surface area contributed by atoms with Gasteiger partial charge in [0, 0.05) is 17.5 Å². The van der Waals surface area contributed by atoms with E-state index in [9.17, 15) is 4.39 Å². The van der Waals surface area contributed by atoms with E-state index in [2.05, 4.69) is 41.3 Å². The Kier molecular flexibility index (Phi) is 5.52. The fourth-order valence-corrected chi connectivity index (χ4v) is 3.59. The molecule has 31 heavy (non-hydrogen) atoms. The summed E-state index contributed by atoms with van der Waals surface area (Å²) in [5.74, 6) is 0.792. The van der Waals surface area contributed by atoms with Gasteiger partial charge in [0.1, 0.15) is 18.0 Å². The van der Waals surface area contributed by atoms with Gasteiger partial charge < -0.3 is 14.6 Å². The van der Waals surface area contributed by atoms with Gasteiger partial charge in [-0.05, 0) is 62.8 Å². The molecule has 1 aliphatic rings. The highest BCUT2D eigenvalue weighted by Crippen LogP contribution is 2.36. The molecule has 0 amide bonds. The minimum atomic E-state index is -0.582. The Morgan fingerprint density at radius 1 is 1.00 bits per heavy atom. The first-order chi connectivity index (χ1) is 14.6. The Labute approximate surface area is 183 Å². The van der Waals surface area contributed by atoms with Gasteiger partial charge in [-0.15, -0.1) is 0 Å². The molecule has 3 aromatic rings. The van der Waals surface area contributed by atoms with Crippen LogP contribution in [0.3, 0.4) is 0 Å². The summed E-state index contributed by atoms with van der Waals surface area (Å²) >= 11 is 0. The quantitative estimate of drug-likeness (QED) is 0.600. The largest absolute Gasteiger partial charge is 0.494 e. The molecule has 1 fully saturated rings. The van der Waals surface area contributed by atoms with E-state index in [1.807, 2.05) is 39.8 Å². The monoisotopic (exact) mass is 421 g/mol. The zero-order chi connectivity index (χ0) is 22.4. The zero-order valence-electron chi connectivity index (χ0n) is 19.0. The Balaban J connectivity index is 1.53. The molecular formula is C24H29BFN3O2. The molecule has 0 atom stereocenters. The molecule has 1 saturated heterocycles. The Morgan fingerprint density at radius 3 is 2.35 bits per heavy atom. The van der Waals surface area contributed by atoms with E-state index in [1.165, 1.54) is 18.0 Å². The SMILES string of the molecule is CC(C)c1ccc2ncnc(NCc3ccc(B4OC(C)(C)C(C)(C)O4)cc3F)c2c1. The van der Waals surface area contributed by atoms with Crippen molar-refractivity contribution in [1.29, 1.82) is 0 Å². The fraction of sp³-hybridized carbons (Fsp3) is 0.417. The van der Waals surface area contributed by atoms with E-state index in [4.69, 9.17) is 9.31 Å². The number of fused-ring (bicyclic) bond motifs is 1. The number of halogens is 1. The molecular weight excluding hydrogens is 392 g/mol. The highest BCUT2D eigenvalue weighted by Gasteiger charge is 2.51. The molecule has 0 spiro atoms. The predicted octanol–water partition coefficient (Wildman–Crippen LogP) is 4.80. The first kappa shape index (κ1) is 21.7. The molecule has 162 valence electrons. The number of nitrogens with one attached hydrogen (secondary N) is 1. The number of anilines is 1. The van der Waals surface area contributed by atoms with Crippen molar-refractivity contribution in [3.8, 4) is 0 Å². The maximum atomic E-state index is 14.9. The van der Waals surface area contributed by atoms with Crippen molar-refractivity contribution < 1.29 is 13.7 Å². The standard InChI is InChI=1S/C24H29BFN3O2/c1-15(2)16-8-10-21-19(11-16)22(29-14-28-21)27-13-17-7-9-18(12-20(17)26)25-30-23(3,4)24(5,6)31-25/h7-12,14-15H,13H2,1-6H3,(H,27,28,29). The van der Waals surface area contributed by atoms with E-state index in [0.717, 1.165) is 10.9 Å². The van der Waals surface area contributed by atoms with Crippen molar-refractivity contribution in [1.82, 2.24) is 9.97 Å². The van der Waals surface area contributed by atoms with Gasteiger partial charge in [0.15, 0.2) is 0 Å². The van der Waals surface area contributed by atoms with Gasteiger partial charge in [0.05, 0.1) is 16.7 Å². The second-order valence-corrected chi connectivity index (χ2v) is 9.45. The second-order valence-electron chi connectivity index (χ2n) is 9.45. The normalized spacial score (nSPS) is 17.5. The number of benzene rings is 2. The van der Waals surface area contributed by atoms with E-state index < -0.39 is 18.3 Å². The maximum Gasteiger partial charge on any atom is 0.494 e. The molecule has 1 aromatic heterocycles. The van der Waals surface area contributed by atoms with Gasteiger partial charge >= 0.3 is 7.12 Å². The predicted molar refractivity (Wildman–Crippen MR) is 123 cm³/mol. The van der Waals surface area contributed by atoms with Crippen LogP contribution in [0, 0.1) is 5.82 Å². The minimum Gasteiger partial charge on any atom is -0.399 e. The van der Waals surface area contributed by atoms with Gasteiger partial charge in [-0.1, -0.05) is 32.0 Å². The first-order valence-corrected chi connectivity index (χ1v) is 10.7. The third-order valence-corrected chi connectivity index (χ3v) is 6.37. The van der Waals surface area contributed by atoms with Gasteiger partial charge in [-0.2, -0.15) is 0 Å². The van der Waals surface area contributed by atoms with Crippen molar-refractivity contribution in [2.75, 3.05) is 5.32 Å². The minimum absolute atomic E-state index is 0.305. The first-order valence-electron chi connectivity index (χ1n) is 10.7. The summed E-state index contributed by atoms with van der Waals surface area (Å²) in [6.45, 7) is 12.5. The molecule has 2 heterocycles. The topological polar surface area (TPSA) is 56.3 Å². The van der Waals surface area contributed by atoms with E-state index in [-0.39, 0.29) is 5.82 Å². The van der Waals surface area contributed by atoms with Crippen LogP contribution in [0.5, 0.6) is 0 Å². The molecule has 1 N–H and O–H groups in total. The van der Waals surface area contributed by atoms with Gasteiger partial charge in [0.25, 0.3) is 0 Å². The van der Waals surface area contributed by atoms with E-state index in [1.54, 1.807) is 6.07 Å². The zero-order valence-corrected chi connectivity index (χ0v) is 19.0. The lowest BCUT2D eigenvalue weighted by molar-refractivity contribution is 0.00578. The molecule has 0 unspecified atom stereocenters. The van der Waals surface area contributed by atoms with Gasteiger partial charge in [-0.25, -0.2) is 14.4 Å². The van der Waals surface area contributed by atoms with Crippen molar-refractivity contribution >= 4 is 29.3 Å². The molecule has 5 nitrogen and oxygen atoms in total. The third kappa shape index (κ3) is 4.17. The van der Waals surface area contributed by atoms with Crippen molar-refractivity contribution in [2.45, 2.75) is 65.2 Å². The molecule has 2 aromatic carbocycles. The molecule has 0 saturated carbocycles. The summed E-state index contributed by atoms with van der Waals surface area (Å²) in [4.78, 5) is 8.72. The van der Waals surface area contributed by atoms with E-state index in [0.29, 0.717) is 29.3 Å². The summed E-state index contributed by atoms with van der Waals surface area (Å²) in [5, 5.41) is 4.21. The van der Waals surface area contributed by atoms with Gasteiger partial charge in [-0.3, -0.25) is 0 Å². The van der Waals surface area contributed by atoms with Gasteiger partial charge in [0.2, 0.25) is 0 Å². The number of nitrogens with zero attached hydrogens (tertiary/aromatic N) is 2. The smallest absolute Gasteiger partial charge is 0.399 e. The third-order valence-electron chi connectivity index (χ3n) is 6.37. The van der Waals surface area contributed by atoms with E-state index >= 15 is 0 Å². The van der Waals surface area contributed by atoms with Crippen LogP contribution in [-0.4, -0.2) is 28.3 Å².